The number of likely N-dealkylation sites (N-methyl/N-ethyl adjacent to an activating group) is 1. The first-order chi connectivity index (χ1) is 18.1. The predicted molar refractivity (Wildman–Crippen MR) is 149 cm³/mol. The van der Waals surface area contributed by atoms with Crippen LogP contribution in [0.4, 0.5) is 23.0 Å². The van der Waals surface area contributed by atoms with E-state index in [0.29, 0.717) is 12.1 Å². The second-order valence-electron chi connectivity index (χ2n) is 10.5. The SMILES string of the molecule is CCc1ncc(Nc2ccc(N3CCC(N4CCN(C)CC4)CC3)c(OC)c2)nc1NC1CCOCC1. The molecule has 3 fully saturated rings. The van der Waals surface area contributed by atoms with Gasteiger partial charge in [0.2, 0.25) is 0 Å². The number of piperazine rings is 1. The van der Waals surface area contributed by atoms with Gasteiger partial charge in [-0.05, 0) is 51.3 Å². The smallest absolute Gasteiger partial charge is 0.151 e. The first-order valence-corrected chi connectivity index (χ1v) is 14.0. The third-order valence-electron chi connectivity index (χ3n) is 8.06. The molecule has 0 spiro atoms. The van der Waals surface area contributed by atoms with Gasteiger partial charge in [0.05, 0.1) is 24.7 Å². The van der Waals surface area contributed by atoms with E-state index in [0.717, 1.165) is 74.3 Å². The monoisotopic (exact) mass is 509 g/mol. The Kier molecular flexibility index (Phi) is 8.63. The zero-order valence-corrected chi connectivity index (χ0v) is 22.7. The lowest BCUT2D eigenvalue weighted by atomic mass is 10.0. The van der Waals surface area contributed by atoms with E-state index in [9.17, 15) is 0 Å². The molecule has 2 aromatic rings. The maximum atomic E-state index is 5.83. The van der Waals surface area contributed by atoms with Crippen molar-refractivity contribution in [2.75, 3.05) is 82.2 Å². The van der Waals surface area contributed by atoms with Crippen molar-refractivity contribution in [3.63, 3.8) is 0 Å². The number of piperidine rings is 1. The summed E-state index contributed by atoms with van der Waals surface area (Å²) in [4.78, 5) is 17.1. The molecule has 3 aliphatic heterocycles. The molecule has 0 atom stereocenters. The highest BCUT2D eigenvalue weighted by Gasteiger charge is 2.27. The molecule has 1 aromatic heterocycles. The van der Waals surface area contributed by atoms with Crippen LogP contribution in [0, 0.1) is 0 Å². The van der Waals surface area contributed by atoms with Crippen molar-refractivity contribution >= 4 is 23.0 Å². The average Bonchev–Trinajstić information content (AvgIpc) is 2.94. The Balaban J connectivity index is 1.23. The first-order valence-electron chi connectivity index (χ1n) is 14.0. The molecule has 1 aromatic carbocycles. The quantitative estimate of drug-likeness (QED) is 0.555. The molecular formula is C28H43N7O2. The van der Waals surface area contributed by atoms with Gasteiger partial charge in [-0.3, -0.25) is 9.88 Å². The lowest BCUT2D eigenvalue weighted by molar-refractivity contribution is 0.0903. The van der Waals surface area contributed by atoms with Crippen LogP contribution in [0.1, 0.15) is 38.3 Å². The summed E-state index contributed by atoms with van der Waals surface area (Å²) in [5.74, 6) is 2.49. The van der Waals surface area contributed by atoms with Gasteiger partial charge in [-0.15, -0.1) is 0 Å². The number of aryl methyl sites for hydroxylation is 1. The summed E-state index contributed by atoms with van der Waals surface area (Å²) in [6.07, 6.45) is 7.05. The zero-order chi connectivity index (χ0) is 25.6. The van der Waals surface area contributed by atoms with E-state index in [1.165, 1.54) is 44.7 Å². The van der Waals surface area contributed by atoms with E-state index in [2.05, 4.69) is 62.5 Å². The van der Waals surface area contributed by atoms with Crippen molar-refractivity contribution in [3.8, 4) is 5.75 Å². The van der Waals surface area contributed by atoms with E-state index < -0.39 is 0 Å². The fraction of sp³-hybridized carbons (Fsp3) is 0.643. The number of nitrogens with one attached hydrogen (secondary N) is 2. The lowest BCUT2D eigenvalue weighted by Crippen LogP contribution is -2.52. The maximum absolute atomic E-state index is 5.83. The molecule has 9 heteroatoms. The van der Waals surface area contributed by atoms with Crippen LogP contribution in [0.5, 0.6) is 5.75 Å². The number of hydrogen-bond donors (Lipinski definition) is 2. The van der Waals surface area contributed by atoms with Crippen LogP contribution in [0.2, 0.25) is 0 Å². The van der Waals surface area contributed by atoms with Crippen LogP contribution in [0.3, 0.4) is 0 Å². The van der Waals surface area contributed by atoms with E-state index in [4.69, 9.17) is 14.5 Å². The number of benzene rings is 1. The van der Waals surface area contributed by atoms with Crippen LogP contribution in [-0.4, -0.2) is 98.5 Å². The van der Waals surface area contributed by atoms with Crippen molar-refractivity contribution in [1.29, 1.82) is 0 Å². The Morgan fingerprint density at radius 1 is 1.03 bits per heavy atom. The van der Waals surface area contributed by atoms with Crippen molar-refractivity contribution in [3.05, 3.63) is 30.1 Å². The summed E-state index contributed by atoms with van der Waals surface area (Å²) in [6.45, 7) is 10.6. The van der Waals surface area contributed by atoms with Gasteiger partial charge in [-0.1, -0.05) is 6.92 Å². The Morgan fingerprint density at radius 3 is 2.49 bits per heavy atom. The van der Waals surface area contributed by atoms with E-state index >= 15 is 0 Å². The number of anilines is 4. The molecule has 3 aliphatic rings. The zero-order valence-electron chi connectivity index (χ0n) is 22.7. The van der Waals surface area contributed by atoms with Crippen LogP contribution in [0.25, 0.3) is 0 Å². The number of ether oxygens (including phenoxy) is 2. The third kappa shape index (κ3) is 6.45. The number of rotatable bonds is 8. The lowest BCUT2D eigenvalue weighted by Gasteiger charge is -2.42. The maximum Gasteiger partial charge on any atom is 0.151 e. The summed E-state index contributed by atoms with van der Waals surface area (Å²) in [5.41, 5.74) is 3.10. The van der Waals surface area contributed by atoms with Crippen LogP contribution >= 0.6 is 0 Å². The number of methoxy groups -OCH3 is 1. The van der Waals surface area contributed by atoms with Crippen LogP contribution < -0.4 is 20.3 Å². The fourth-order valence-corrected chi connectivity index (χ4v) is 5.71. The highest BCUT2D eigenvalue weighted by Crippen LogP contribution is 2.34. The van der Waals surface area contributed by atoms with Crippen molar-refractivity contribution in [2.45, 2.75) is 51.1 Å². The first kappa shape index (κ1) is 26.0. The van der Waals surface area contributed by atoms with Crippen LogP contribution in [0.15, 0.2) is 24.4 Å². The molecule has 37 heavy (non-hydrogen) atoms. The highest BCUT2D eigenvalue weighted by molar-refractivity contribution is 5.68. The van der Waals surface area contributed by atoms with Gasteiger partial charge in [-0.2, -0.15) is 0 Å². The fourth-order valence-electron chi connectivity index (χ4n) is 5.71. The summed E-state index contributed by atoms with van der Waals surface area (Å²) in [5, 5.41) is 7.04. The molecule has 0 bridgehead atoms. The second-order valence-corrected chi connectivity index (χ2v) is 10.5. The van der Waals surface area contributed by atoms with Gasteiger partial charge in [0.25, 0.3) is 0 Å². The largest absolute Gasteiger partial charge is 0.495 e. The predicted octanol–water partition coefficient (Wildman–Crippen LogP) is 3.60. The van der Waals surface area contributed by atoms with Gasteiger partial charge < -0.3 is 29.9 Å². The average molecular weight is 510 g/mol. The second kappa shape index (κ2) is 12.3. The molecular weight excluding hydrogens is 466 g/mol. The molecule has 0 radical (unpaired) electrons. The third-order valence-corrected chi connectivity index (χ3v) is 8.06. The minimum atomic E-state index is 0.378. The number of hydrogen-bond acceptors (Lipinski definition) is 9. The Morgan fingerprint density at radius 2 is 1.78 bits per heavy atom. The van der Waals surface area contributed by atoms with Gasteiger partial charge in [0.1, 0.15) is 11.6 Å². The molecule has 0 saturated carbocycles. The molecule has 2 N–H and O–H groups in total. The van der Waals surface area contributed by atoms with E-state index in [1.54, 1.807) is 7.11 Å². The molecule has 0 amide bonds. The minimum absolute atomic E-state index is 0.378. The van der Waals surface area contributed by atoms with Crippen molar-refractivity contribution in [2.24, 2.45) is 0 Å². The van der Waals surface area contributed by atoms with Crippen molar-refractivity contribution < 1.29 is 9.47 Å². The van der Waals surface area contributed by atoms with Gasteiger partial charge >= 0.3 is 0 Å². The highest BCUT2D eigenvalue weighted by atomic mass is 16.5. The summed E-state index contributed by atoms with van der Waals surface area (Å²) >= 11 is 0. The Bertz CT molecular complexity index is 1010. The molecule has 0 aliphatic carbocycles. The summed E-state index contributed by atoms with van der Waals surface area (Å²) in [6, 6.07) is 7.44. The normalized spacial score (nSPS) is 20.7. The van der Waals surface area contributed by atoms with Gasteiger partial charge in [-0.25, -0.2) is 4.98 Å². The topological polar surface area (TPSA) is 78.0 Å². The number of nitrogens with zero attached hydrogens (tertiary/aromatic N) is 5. The molecule has 3 saturated heterocycles. The molecule has 202 valence electrons. The molecule has 4 heterocycles. The van der Waals surface area contributed by atoms with E-state index in [-0.39, 0.29) is 0 Å². The molecule has 5 rings (SSSR count). The molecule has 0 unspecified atom stereocenters. The summed E-state index contributed by atoms with van der Waals surface area (Å²) < 4.78 is 11.3. The number of aromatic nitrogens is 2. The minimum Gasteiger partial charge on any atom is -0.495 e. The molecule has 9 nitrogen and oxygen atoms in total. The Labute approximate surface area is 221 Å². The van der Waals surface area contributed by atoms with Gasteiger partial charge in [0.15, 0.2) is 5.82 Å². The Hall–Kier alpha value is -2.62. The van der Waals surface area contributed by atoms with Crippen molar-refractivity contribution in [1.82, 2.24) is 19.8 Å². The van der Waals surface area contributed by atoms with E-state index in [1.807, 2.05) is 6.20 Å². The standard InChI is InChI=1S/C28H43N7O2/c1-4-24-28(31-21-9-17-37-18-10-21)32-27(20-29-24)30-22-5-6-25(26(19-22)36-3)35-11-7-23(8-12-35)34-15-13-33(2)14-16-34/h5-6,19-21,23H,4,7-18H2,1-3H3,(H2,30,31,32). The van der Waals surface area contributed by atoms with Gasteiger partial charge in [0, 0.05) is 76.3 Å². The summed E-state index contributed by atoms with van der Waals surface area (Å²) in [7, 11) is 3.98. The van der Waals surface area contributed by atoms with Crippen LogP contribution in [-0.2, 0) is 11.2 Å².